The zero-order chi connectivity index (χ0) is 21.3. The number of hydrogen-bond donors (Lipinski definition) is 0. The predicted molar refractivity (Wildman–Crippen MR) is 115 cm³/mol. The van der Waals surface area contributed by atoms with Crippen molar-refractivity contribution in [3.8, 4) is 11.5 Å². The first-order valence-corrected chi connectivity index (χ1v) is 10.4. The molecule has 0 radical (unpaired) electrons. The molecule has 0 aliphatic carbocycles. The van der Waals surface area contributed by atoms with Crippen molar-refractivity contribution in [1.82, 2.24) is 9.88 Å². The molecule has 0 spiro atoms. The molecular weight excluding hydrogens is 404 g/mol. The van der Waals surface area contributed by atoms with Gasteiger partial charge >= 0.3 is 6.09 Å². The number of fused-ring (bicyclic) bond motifs is 1. The molecule has 7 heteroatoms. The summed E-state index contributed by atoms with van der Waals surface area (Å²) in [5, 5.41) is 0.586. The molecule has 0 N–H and O–H groups in total. The molecule has 1 unspecified atom stereocenters. The summed E-state index contributed by atoms with van der Waals surface area (Å²) < 4.78 is 17.7. The van der Waals surface area contributed by atoms with E-state index in [0.29, 0.717) is 30.5 Å². The fraction of sp³-hybridized carbons (Fsp3) is 0.391. The summed E-state index contributed by atoms with van der Waals surface area (Å²) in [6.07, 6.45) is 3.81. The molecule has 1 atom stereocenters. The second-order valence-corrected chi connectivity index (χ2v) is 8.79. The Hall–Kier alpha value is -2.73. The maximum absolute atomic E-state index is 12.3. The lowest BCUT2D eigenvalue weighted by molar-refractivity contribution is 0.0270. The van der Waals surface area contributed by atoms with Crippen LogP contribution in [0.1, 0.15) is 44.6 Å². The first kappa shape index (κ1) is 20.5. The van der Waals surface area contributed by atoms with Crippen LogP contribution in [-0.4, -0.2) is 41.3 Å². The van der Waals surface area contributed by atoms with Crippen LogP contribution in [0.15, 0.2) is 42.6 Å². The Morgan fingerprint density at radius 1 is 1.27 bits per heavy atom. The van der Waals surface area contributed by atoms with Gasteiger partial charge in [-0.15, -0.1) is 0 Å². The van der Waals surface area contributed by atoms with E-state index in [1.165, 1.54) is 0 Å². The third-order valence-corrected chi connectivity index (χ3v) is 5.14. The normalized spacial score (nSPS) is 18.6. The number of halogens is 1. The van der Waals surface area contributed by atoms with E-state index >= 15 is 0 Å². The van der Waals surface area contributed by atoms with Crippen LogP contribution in [0.5, 0.6) is 11.5 Å². The third kappa shape index (κ3) is 4.54. The van der Waals surface area contributed by atoms with E-state index in [4.69, 9.17) is 25.8 Å². The number of carbonyl (C=O) groups excluding carboxylic acids is 1. The molecule has 1 aromatic heterocycles. The van der Waals surface area contributed by atoms with Crippen molar-refractivity contribution in [2.24, 2.45) is 0 Å². The van der Waals surface area contributed by atoms with Crippen LogP contribution in [0.2, 0.25) is 5.02 Å². The van der Waals surface area contributed by atoms with Crippen molar-refractivity contribution in [1.29, 1.82) is 0 Å². The van der Waals surface area contributed by atoms with Crippen molar-refractivity contribution >= 4 is 23.3 Å². The molecule has 2 aromatic rings. The van der Waals surface area contributed by atoms with Gasteiger partial charge in [-0.25, -0.2) is 4.79 Å². The average Bonchev–Trinajstić information content (AvgIpc) is 2.72. The molecule has 30 heavy (non-hydrogen) atoms. The highest BCUT2D eigenvalue weighted by molar-refractivity contribution is 6.30. The summed E-state index contributed by atoms with van der Waals surface area (Å²) in [5.74, 6) is 1.43. The quantitative estimate of drug-likeness (QED) is 0.651. The van der Waals surface area contributed by atoms with E-state index in [1.54, 1.807) is 17.2 Å². The topological polar surface area (TPSA) is 60.9 Å². The first-order chi connectivity index (χ1) is 14.3. The summed E-state index contributed by atoms with van der Waals surface area (Å²) in [5.41, 5.74) is 2.41. The van der Waals surface area contributed by atoms with Gasteiger partial charge in [0.1, 0.15) is 12.2 Å². The van der Waals surface area contributed by atoms with Crippen molar-refractivity contribution in [2.75, 3.05) is 19.7 Å². The molecule has 0 saturated carbocycles. The summed E-state index contributed by atoms with van der Waals surface area (Å²) in [6, 6.07) is 9.52. The lowest BCUT2D eigenvalue weighted by atomic mass is 9.98. The Kier molecular flexibility index (Phi) is 5.60. The van der Waals surface area contributed by atoms with Gasteiger partial charge in [0.25, 0.3) is 0 Å². The van der Waals surface area contributed by atoms with E-state index < -0.39 is 5.60 Å². The van der Waals surface area contributed by atoms with E-state index in [0.717, 1.165) is 29.0 Å². The predicted octanol–water partition coefficient (Wildman–Crippen LogP) is 5.27. The maximum atomic E-state index is 12.3. The molecule has 0 bridgehead atoms. The monoisotopic (exact) mass is 428 g/mol. The minimum absolute atomic E-state index is 0.284. The first-order valence-electron chi connectivity index (χ1n) is 10.0. The highest BCUT2D eigenvalue weighted by Crippen LogP contribution is 2.42. The van der Waals surface area contributed by atoms with Gasteiger partial charge in [-0.3, -0.25) is 4.98 Å². The molecule has 158 valence electrons. The lowest BCUT2D eigenvalue weighted by Crippen LogP contribution is -2.39. The number of para-hydroxylation sites is 1. The van der Waals surface area contributed by atoms with E-state index in [1.807, 2.05) is 45.0 Å². The number of carbonyl (C=O) groups is 1. The Morgan fingerprint density at radius 3 is 2.77 bits per heavy atom. The lowest BCUT2D eigenvalue weighted by Gasteiger charge is -2.31. The van der Waals surface area contributed by atoms with Crippen LogP contribution in [0.3, 0.4) is 0 Å². The Balaban J connectivity index is 1.49. The van der Waals surface area contributed by atoms with Gasteiger partial charge in [-0.1, -0.05) is 29.8 Å². The molecule has 0 saturated heterocycles. The summed E-state index contributed by atoms with van der Waals surface area (Å²) in [7, 11) is 0. The average molecular weight is 429 g/mol. The zero-order valence-corrected chi connectivity index (χ0v) is 18.1. The van der Waals surface area contributed by atoms with Crippen LogP contribution in [0.25, 0.3) is 5.57 Å². The molecular formula is C23H25ClN2O4. The Morgan fingerprint density at radius 2 is 2.10 bits per heavy atom. The van der Waals surface area contributed by atoms with Gasteiger partial charge in [0.15, 0.2) is 17.6 Å². The van der Waals surface area contributed by atoms with Crippen molar-refractivity contribution in [2.45, 2.75) is 38.9 Å². The minimum Gasteiger partial charge on any atom is -0.485 e. The van der Waals surface area contributed by atoms with Gasteiger partial charge in [-0.2, -0.15) is 0 Å². The Bertz CT molecular complexity index is 966. The van der Waals surface area contributed by atoms with Crippen LogP contribution < -0.4 is 9.47 Å². The fourth-order valence-electron chi connectivity index (χ4n) is 3.49. The fourth-order valence-corrected chi connectivity index (χ4v) is 3.60. The van der Waals surface area contributed by atoms with Crippen molar-refractivity contribution in [3.05, 3.63) is 58.9 Å². The smallest absolute Gasteiger partial charge is 0.410 e. The Labute approximate surface area is 181 Å². The number of hydrogen-bond acceptors (Lipinski definition) is 5. The van der Waals surface area contributed by atoms with Gasteiger partial charge in [0, 0.05) is 24.8 Å². The van der Waals surface area contributed by atoms with Crippen LogP contribution in [0, 0.1) is 0 Å². The standard InChI is InChI=1S/C23H25ClN2O4/c1-23(2,3)30-22(27)26-11-9-15(10-12-26)17-5-4-6-19-21(17)28-14-20(29-19)18-8-7-16(24)13-25-18/h4-9,13,20H,10-12,14H2,1-3H3. The van der Waals surface area contributed by atoms with Crippen LogP contribution in [-0.2, 0) is 4.74 Å². The number of nitrogens with zero attached hydrogens (tertiary/aromatic N) is 2. The molecule has 2 aliphatic heterocycles. The second kappa shape index (κ2) is 8.19. The number of rotatable bonds is 2. The second-order valence-electron chi connectivity index (χ2n) is 8.36. The highest BCUT2D eigenvalue weighted by atomic mass is 35.5. The van der Waals surface area contributed by atoms with Crippen molar-refractivity contribution in [3.63, 3.8) is 0 Å². The molecule has 4 rings (SSSR count). The van der Waals surface area contributed by atoms with Gasteiger partial charge in [0.2, 0.25) is 0 Å². The zero-order valence-electron chi connectivity index (χ0n) is 17.4. The van der Waals surface area contributed by atoms with Crippen LogP contribution in [0.4, 0.5) is 4.79 Å². The molecule has 6 nitrogen and oxygen atoms in total. The molecule has 2 aliphatic rings. The largest absolute Gasteiger partial charge is 0.485 e. The van der Waals surface area contributed by atoms with Gasteiger partial charge < -0.3 is 19.1 Å². The summed E-state index contributed by atoms with van der Waals surface area (Å²) in [6.45, 7) is 7.09. The molecule has 0 fully saturated rings. The number of pyridine rings is 1. The number of benzene rings is 1. The third-order valence-electron chi connectivity index (χ3n) is 4.91. The maximum Gasteiger partial charge on any atom is 0.410 e. The summed E-state index contributed by atoms with van der Waals surface area (Å²) >= 11 is 5.93. The van der Waals surface area contributed by atoms with Gasteiger partial charge in [-0.05, 0) is 51.0 Å². The summed E-state index contributed by atoms with van der Waals surface area (Å²) in [4.78, 5) is 18.3. The van der Waals surface area contributed by atoms with Crippen molar-refractivity contribution < 1.29 is 19.0 Å². The van der Waals surface area contributed by atoms with Gasteiger partial charge in [0.05, 0.1) is 10.7 Å². The van der Waals surface area contributed by atoms with Crippen LogP contribution >= 0.6 is 11.6 Å². The molecule has 1 amide bonds. The molecule has 1 aromatic carbocycles. The SMILES string of the molecule is CC(C)(C)OC(=O)N1CC=C(c2cccc3c2OCC(c2ccc(Cl)cn2)O3)CC1. The minimum atomic E-state index is -0.500. The van der Waals surface area contributed by atoms with E-state index in [9.17, 15) is 4.79 Å². The van der Waals surface area contributed by atoms with E-state index in [-0.39, 0.29) is 12.2 Å². The molecule has 3 heterocycles. The highest BCUT2D eigenvalue weighted by Gasteiger charge is 2.28. The number of ether oxygens (including phenoxy) is 3. The number of amides is 1. The van der Waals surface area contributed by atoms with E-state index in [2.05, 4.69) is 11.1 Å². The number of aromatic nitrogens is 1.